The van der Waals surface area contributed by atoms with Crippen molar-refractivity contribution in [3.8, 4) is 0 Å². The summed E-state index contributed by atoms with van der Waals surface area (Å²) in [6, 6.07) is -0.870. The lowest BCUT2D eigenvalue weighted by Crippen LogP contribution is -2.46. The first kappa shape index (κ1) is 14.1. The van der Waals surface area contributed by atoms with Crippen molar-refractivity contribution < 1.29 is 14.7 Å². The van der Waals surface area contributed by atoms with E-state index in [-0.39, 0.29) is 6.03 Å². The Morgan fingerprint density at radius 3 is 2.58 bits per heavy atom. The van der Waals surface area contributed by atoms with Gasteiger partial charge in [-0.05, 0) is 51.7 Å². The highest BCUT2D eigenvalue weighted by Crippen LogP contribution is 2.17. The van der Waals surface area contributed by atoms with Gasteiger partial charge < -0.3 is 20.2 Å². The van der Waals surface area contributed by atoms with Gasteiger partial charge >= 0.3 is 12.0 Å². The molecule has 108 valence electrons. The molecule has 0 aromatic rings. The highest BCUT2D eigenvalue weighted by atomic mass is 16.4. The second kappa shape index (κ2) is 6.75. The summed E-state index contributed by atoms with van der Waals surface area (Å²) in [6.45, 7) is 4.53. The third kappa shape index (κ3) is 3.83. The number of aliphatic carboxylic acids is 1. The van der Waals surface area contributed by atoms with Gasteiger partial charge in [0.05, 0.1) is 0 Å². The van der Waals surface area contributed by atoms with Crippen molar-refractivity contribution in [1.82, 2.24) is 15.1 Å². The zero-order valence-corrected chi connectivity index (χ0v) is 11.3. The molecule has 0 unspecified atom stereocenters. The molecule has 2 fully saturated rings. The van der Waals surface area contributed by atoms with Gasteiger partial charge in [0.15, 0.2) is 0 Å². The molecule has 0 aromatic carbocycles. The van der Waals surface area contributed by atoms with Crippen molar-refractivity contribution in [2.45, 2.75) is 38.1 Å². The number of nitrogens with zero attached hydrogens (tertiary/aromatic N) is 2. The van der Waals surface area contributed by atoms with Crippen molar-refractivity contribution in [1.29, 1.82) is 0 Å². The molecular formula is C13H23N3O3. The van der Waals surface area contributed by atoms with Crippen LogP contribution in [0.5, 0.6) is 0 Å². The fourth-order valence-corrected chi connectivity index (χ4v) is 2.87. The maximum absolute atomic E-state index is 11.9. The van der Waals surface area contributed by atoms with Crippen molar-refractivity contribution in [2.24, 2.45) is 0 Å². The first-order valence-electron chi connectivity index (χ1n) is 7.18. The highest BCUT2D eigenvalue weighted by Gasteiger charge is 2.33. The third-order valence-corrected chi connectivity index (χ3v) is 3.92. The smallest absolute Gasteiger partial charge is 0.326 e. The predicted molar refractivity (Wildman–Crippen MR) is 71.1 cm³/mol. The van der Waals surface area contributed by atoms with Gasteiger partial charge in [-0.2, -0.15) is 0 Å². The summed E-state index contributed by atoms with van der Waals surface area (Å²) in [5.74, 6) is -0.898. The number of carboxylic acid groups (broad SMARTS) is 1. The molecule has 0 radical (unpaired) electrons. The molecule has 2 saturated heterocycles. The normalized spacial score (nSPS) is 23.8. The van der Waals surface area contributed by atoms with Gasteiger partial charge in [0.1, 0.15) is 6.04 Å². The lowest BCUT2D eigenvalue weighted by Gasteiger charge is -2.22. The van der Waals surface area contributed by atoms with E-state index in [1.54, 1.807) is 0 Å². The quantitative estimate of drug-likeness (QED) is 0.722. The number of hydrogen-bond acceptors (Lipinski definition) is 3. The first-order chi connectivity index (χ1) is 9.18. The van der Waals surface area contributed by atoms with Crippen LogP contribution < -0.4 is 5.32 Å². The monoisotopic (exact) mass is 269 g/mol. The number of carbonyl (C=O) groups is 2. The van der Waals surface area contributed by atoms with E-state index in [4.69, 9.17) is 5.11 Å². The number of carbonyl (C=O) groups excluding carboxylic acids is 1. The molecule has 0 aromatic heterocycles. The van der Waals surface area contributed by atoms with E-state index in [2.05, 4.69) is 10.2 Å². The van der Waals surface area contributed by atoms with Crippen LogP contribution in [0.3, 0.4) is 0 Å². The maximum Gasteiger partial charge on any atom is 0.326 e. The molecule has 2 rings (SSSR count). The van der Waals surface area contributed by atoms with Crippen LogP contribution in [0.15, 0.2) is 0 Å². The average Bonchev–Trinajstić information content (AvgIpc) is 3.04. The van der Waals surface area contributed by atoms with E-state index >= 15 is 0 Å². The zero-order valence-electron chi connectivity index (χ0n) is 11.3. The fourth-order valence-electron chi connectivity index (χ4n) is 2.87. The van der Waals surface area contributed by atoms with E-state index in [0.29, 0.717) is 19.5 Å². The fraction of sp³-hybridized carbons (Fsp3) is 0.846. The molecule has 0 spiro atoms. The van der Waals surface area contributed by atoms with Gasteiger partial charge in [0, 0.05) is 13.1 Å². The lowest BCUT2D eigenvalue weighted by atomic mass is 10.2. The van der Waals surface area contributed by atoms with Crippen molar-refractivity contribution >= 4 is 12.0 Å². The molecule has 19 heavy (non-hydrogen) atoms. The number of carboxylic acids is 1. The van der Waals surface area contributed by atoms with Gasteiger partial charge in [-0.1, -0.05) is 0 Å². The minimum absolute atomic E-state index is 0.230. The molecular weight excluding hydrogens is 246 g/mol. The van der Waals surface area contributed by atoms with Gasteiger partial charge in [-0.3, -0.25) is 0 Å². The van der Waals surface area contributed by atoms with Crippen molar-refractivity contribution in [3.63, 3.8) is 0 Å². The van der Waals surface area contributed by atoms with E-state index in [1.165, 1.54) is 30.8 Å². The Morgan fingerprint density at radius 1 is 1.16 bits per heavy atom. The Morgan fingerprint density at radius 2 is 1.89 bits per heavy atom. The first-order valence-corrected chi connectivity index (χ1v) is 7.18. The van der Waals surface area contributed by atoms with Gasteiger partial charge in [-0.15, -0.1) is 0 Å². The molecule has 6 heteroatoms. The maximum atomic E-state index is 11.9. The molecule has 0 saturated carbocycles. The largest absolute Gasteiger partial charge is 0.480 e. The lowest BCUT2D eigenvalue weighted by molar-refractivity contribution is -0.141. The summed E-state index contributed by atoms with van der Waals surface area (Å²) in [5, 5.41) is 11.8. The standard InChI is InChI=1S/C13H23N3O3/c17-12(18)11-5-3-10-16(11)13(19)14-6-4-9-15-7-1-2-8-15/h11H,1-10H2,(H,14,19)(H,17,18)/t11-/m0/s1. The molecule has 0 bridgehead atoms. The second-order valence-corrected chi connectivity index (χ2v) is 5.32. The Labute approximate surface area is 113 Å². The summed E-state index contributed by atoms with van der Waals surface area (Å²) in [4.78, 5) is 26.7. The SMILES string of the molecule is O=C(O)[C@@H]1CCCN1C(=O)NCCCN1CCCC1. The van der Waals surface area contributed by atoms with Crippen molar-refractivity contribution in [2.75, 3.05) is 32.7 Å². The van der Waals surface area contributed by atoms with Crippen LogP contribution in [0, 0.1) is 0 Å². The Bertz CT molecular complexity index is 329. The Balaban J connectivity index is 1.64. The second-order valence-electron chi connectivity index (χ2n) is 5.32. The summed E-state index contributed by atoms with van der Waals surface area (Å²) in [5.41, 5.74) is 0. The van der Waals surface area contributed by atoms with E-state index in [1.807, 2.05) is 0 Å². The van der Waals surface area contributed by atoms with E-state index in [9.17, 15) is 9.59 Å². The topological polar surface area (TPSA) is 72.9 Å². The predicted octanol–water partition coefficient (Wildman–Crippen LogP) is 0.731. The van der Waals surface area contributed by atoms with Crippen LogP contribution in [0.25, 0.3) is 0 Å². The molecule has 1 atom stereocenters. The highest BCUT2D eigenvalue weighted by molar-refractivity contribution is 5.83. The van der Waals surface area contributed by atoms with Gasteiger partial charge in [0.25, 0.3) is 0 Å². The number of hydrogen-bond donors (Lipinski definition) is 2. The minimum Gasteiger partial charge on any atom is -0.480 e. The number of likely N-dealkylation sites (tertiary alicyclic amines) is 2. The van der Waals surface area contributed by atoms with Crippen LogP contribution in [-0.2, 0) is 4.79 Å². The number of nitrogens with one attached hydrogen (secondary N) is 1. The van der Waals surface area contributed by atoms with Crippen LogP contribution in [0.1, 0.15) is 32.1 Å². The summed E-state index contributed by atoms with van der Waals surface area (Å²) >= 11 is 0. The van der Waals surface area contributed by atoms with Gasteiger partial charge in [-0.25, -0.2) is 9.59 Å². The number of amides is 2. The van der Waals surface area contributed by atoms with Crippen molar-refractivity contribution in [3.05, 3.63) is 0 Å². The summed E-state index contributed by atoms with van der Waals surface area (Å²) < 4.78 is 0. The Hall–Kier alpha value is -1.30. The third-order valence-electron chi connectivity index (χ3n) is 3.92. The molecule has 6 nitrogen and oxygen atoms in total. The van der Waals surface area contributed by atoms with E-state index < -0.39 is 12.0 Å². The summed E-state index contributed by atoms with van der Waals surface area (Å²) in [7, 11) is 0. The van der Waals surface area contributed by atoms with Gasteiger partial charge in [0.2, 0.25) is 0 Å². The van der Waals surface area contributed by atoms with Crippen LogP contribution >= 0.6 is 0 Å². The molecule has 0 aliphatic carbocycles. The summed E-state index contributed by atoms with van der Waals surface area (Å²) in [6.07, 6.45) is 4.83. The Kier molecular flexibility index (Phi) is 5.01. The van der Waals surface area contributed by atoms with E-state index in [0.717, 1.165) is 19.4 Å². The van der Waals surface area contributed by atoms with Crippen LogP contribution in [-0.4, -0.2) is 65.7 Å². The zero-order chi connectivity index (χ0) is 13.7. The molecule has 2 aliphatic rings. The minimum atomic E-state index is -0.898. The molecule has 2 amide bonds. The number of urea groups is 1. The average molecular weight is 269 g/mol. The molecule has 2 aliphatic heterocycles. The number of rotatable bonds is 5. The molecule has 2 heterocycles. The van der Waals surface area contributed by atoms with Crippen LogP contribution in [0.4, 0.5) is 4.79 Å². The molecule has 2 N–H and O–H groups in total. The van der Waals surface area contributed by atoms with Crippen LogP contribution in [0.2, 0.25) is 0 Å².